The third-order valence-electron chi connectivity index (χ3n) is 12.9. The summed E-state index contributed by atoms with van der Waals surface area (Å²) in [6, 6.07) is 8.09. The van der Waals surface area contributed by atoms with E-state index in [-0.39, 0.29) is 64.5 Å². The van der Waals surface area contributed by atoms with Crippen LogP contribution in [0.25, 0.3) is 32.8 Å². The smallest absolute Gasteiger partial charge is 0.413 e. The zero-order valence-electron chi connectivity index (χ0n) is 34.1. The lowest BCUT2D eigenvalue weighted by molar-refractivity contribution is -0.152. The number of carbonyl (C=O) groups excluding carboxylic acids is 2. The third kappa shape index (κ3) is 8.25. The van der Waals surface area contributed by atoms with Gasteiger partial charge in [0.1, 0.15) is 35.7 Å². The average molecular weight is 828 g/mol. The first kappa shape index (κ1) is 41.4. The fourth-order valence-corrected chi connectivity index (χ4v) is 9.96. The van der Waals surface area contributed by atoms with Crippen LogP contribution in [-0.2, 0) is 14.3 Å². The van der Waals surface area contributed by atoms with Gasteiger partial charge in [-0.1, -0.05) is 63.5 Å². The van der Waals surface area contributed by atoms with Gasteiger partial charge >= 0.3 is 18.1 Å². The van der Waals surface area contributed by atoms with Crippen LogP contribution in [0.15, 0.2) is 36.4 Å². The Kier molecular flexibility index (Phi) is 12.3. The van der Waals surface area contributed by atoms with Crippen LogP contribution in [0, 0.1) is 24.0 Å². The number of rotatable bonds is 15. The van der Waals surface area contributed by atoms with Crippen LogP contribution in [0.3, 0.4) is 0 Å². The summed E-state index contributed by atoms with van der Waals surface area (Å²) in [6.45, 7) is 3.63. The van der Waals surface area contributed by atoms with Crippen LogP contribution in [-0.4, -0.2) is 100 Å². The highest BCUT2D eigenvalue weighted by molar-refractivity contribution is 6.04. The molecule has 0 saturated carbocycles. The highest BCUT2D eigenvalue weighted by Gasteiger charge is 2.50. The number of phenolic OH excluding ortho intramolecular Hbond substituents is 1. The van der Waals surface area contributed by atoms with E-state index in [0.717, 1.165) is 45.1 Å². The number of hydrogen-bond acceptors (Lipinski definition) is 10. The Bertz CT molecular complexity index is 2290. The fraction of sp³-hybridized carbons (Fsp3) is 0.522. The topological polar surface area (TPSA) is 118 Å². The Balaban J connectivity index is 1.04. The SMILES string of the molecule is C#Cc1c(F)ccc2cc(O)cc(-c3ccc4c(N5C[C@H]6CC[C@@H](C5)N6C(=O)OCOC(=O)CCCCCCCCC)nc(OC[C@@]56CCCN5C[C@H](F)C6)nc4c3F)c12. The van der Waals surface area contributed by atoms with E-state index >= 15 is 8.78 Å². The molecule has 1 amide bonds. The van der Waals surface area contributed by atoms with Crippen LogP contribution in [0.5, 0.6) is 11.8 Å². The first-order chi connectivity index (χ1) is 29.1. The number of amides is 1. The molecule has 11 nitrogen and oxygen atoms in total. The molecule has 14 heteroatoms. The predicted molar refractivity (Wildman–Crippen MR) is 221 cm³/mol. The number of hydrogen-bond donors (Lipinski definition) is 1. The number of fused-ring (bicyclic) bond motifs is 5. The quantitative estimate of drug-likeness (QED) is 0.0540. The second-order valence-corrected chi connectivity index (χ2v) is 16.8. The number of unbranched alkanes of at least 4 members (excludes halogenated alkanes) is 6. The van der Waals surface area contributed by atoms with E-state index in [1.807, 2.05) is 4.90 Å². The highest BCUT2D eigenvalue weighted by atomic mass is 19.1. The van der Waals surface area contributed by atoms with Gasteiger partial charge in [0.15, 0.2) is 5.82 Å². The van der Waals surface area contributed by atoms with Crippen LogP contribution in [0.4, 0.5) is 23.8 Å². The maximum Gasteiger partial charge on any atom is 0.413 e. The normalized spacial score (nSPS) is 22.4. The number of anilines is 1. The average Bonchev–Trinajstić information content (AvgIpc) is 3.85. The van der Waals surface area contributed by atoms with Gasteiger partial charge < -0.3 is 24.2 Å². The summed E-state index contributed by atoms with van der Waals surface area (Å²) in [5.41, 5.74) is -0.416. The van der Waals surface area contributed by atoms with E-state index in [1.165, 1.54) is 49.6 Å². The van der Waals surface area contributed by atoms with Gasteiger partial charge in [-0.2, -0.15) is 9.97 Å². The van der Waals surface area contributed by atoms with Gasteiger partial charge in [0, 0.05) is 48.8 Å². The van der Waals surface area contributed by atoms with Crippen molar-refractivity contribution in [3.05, 3.63) is 53.6 Å². The monoisotopic (exact) mass is 827 g/mol. The molecule has 4 aliphatic heterocycles. The summed E-state index contributed by atoms with van der Waals surface area (Å²) in [4.78, 5) is 40.9. The lowest BCUT2D eigenvalue weighted by atomic mass is 9.93. The number of piperazine rings is 1. The minimum Gasteiger partial charge on any atom is -0.508 e. The van der Waals surface area contributed by atoms with Crippen molar-refractivity contribution in [2.75, 3.05) is 44.5 Å². The molecule has 4 aromatic rings. The summed E-state index contributed by atoms with van der Waals surface area (Å²) in [5, 5.41) is 11.8. The van der Waals surface area contributed by atoms with Crippen molar-refractivity contribution in [2.45, 2.75) is 114 Å². The van der Waals surface area contributed by atoms with Crippen molar-refractivity contribution in [1.82, 2.24) is 19.8 Å². The predicted octanol–water partition coefficient (Wildman–Crippen LogP) is 8.80. The maximum absolute atomic E-state index is 17.2. The first-order valence-corrected chi connectivity index (χ1v) is 21.4. The molecule has 0 spiro atoms. The number of carbonyl (C=O) groups is 2. The number of esters is 1. The van der Waals surface area contributed by atoms with Crippen LogP contribution in [0.1, 0.15) is 96.0 Å². The number of terminal acetylenes is 1. The number of aromatic nitrogens is 2. The molecule has 0 unspecified atom stereocenters. The number of benzene rings is 3. The summed E-state index contributed by atoms with van der Waals surface area (Å²) in [5.74, 6) is 0.826. The molecular formula is C46H52F3N5O6. The van der Waals surface area contributed by atoms with Crippen molar-refractivity contribution in [3.8, 4) is 35.2 Å². The van der Waals surface area contributed by atoms with Crippen molar-refractivity contribution in [2.24, 2.45) is 0 Å². The number of aromatic hydroxyl groups is 1. The van der Waals surface area contributed by atoms with Crippen LogP contribution in [0.2, 0.25) is 0 Å². The highest BCUT2D eigenvalue weighted by Crippen LogP contribution is 2.43. The van der Waals surface area contributed by atoms with Gasteiger partial charge in [-0.05, 0) is 73.9 Å². The lowest BCUT2D eigenvalue weighted by Crippen LogP contribution is -2.56. The van der Waals surface area contributed by atoms with Gasteiger partial charge in [-0.15, -0.1) is 6.42 Å². The van der Waals surface area contributed by atoms with Crippen LogP contribution < -0.4 is 9.64 Å². The molecule has 318 valence electrons. The Labute approximate surface area is 348 Å². The summed E-state index contributed by atoms with van der Waals surface area (Å²) >= 11 is 0. The van der Waals surface area contributed by atoms with Gasteiger partial charge in [0.2, 0.25) is 6.79 Å². The van der Waals surface area contributed by atoms with E-state index < -0.39 is 42.2 Å². The molecular weight excluding hydrogens is 776 g/mol. The lowest BCUT2D eigenvalue weighted by Gasteiger charge is -2.41. The molecule has 60 heavy (non-hydrogen) atoms. The number of phenols is 1. The fourth-order valence-electron chi connectivity index (χ4n) is 9.96. The van der Waals surface area contributed by atoms with Gasteiger partial charge in [-0.3, -0.25) is 14.6 Å². The molecule has 1 N–H and O–H groups in total. The van der Waals surface area contributed by atoms with E-state index in [9.17, 15) is 19.1 Å². The molecule has 8 rings (SSSR count). The Morgan fingerprint density at radius 3 is 2.50 bits per heavy atom. The van der Waals surface area contributed by atoms with E-state index in [4.69, 9.17) is 25.6 Å². The van der Waals surface area contributed by atoms with Crippen molar-refractivity contribution in [1.29, 1.82) is 0 Å². The van der Waals surface area contributed by atoms with E-state index in [0.29, 0.717) is 55.5 Å². The largest absolute Gasteiger partial charge is 0.508 e. The summed E-state index contributed by atoms with van der Waals surface area (Å²) in [7, 11) is 0. The van der Waals surface area contributed by atoms with Crippen LogP contribution >= 0.6 is 0 Å². The minimum absolute atomic E-state index is 0.0356. The van der Waals surface area contributed by atoms with E-state index in [2.05, 4.69) is 22.7 Å². The Hall–Kier alpha value is -5.29. The molecule has 4 aliphatic rings. The van der Waals surface area contributed by atoms with Gasteiger partial charge in [0.25, 0.3) is 0 Å². The number of nitrogens with zero attached hydrogens (tertiary/aromatic N) is 5. The van der Waals surface area contributed by atoms with Crippen molar-refractivity contribution >= 4 is 39.6 Å². The standard InChI is InChI=1S/C46H52F3N5O6/c1-3-5-6-7-8-9-10-12-39(56)59-28-60-45(57)54-31-14-15-32(54)26-52(25-31)43-36-17-16-35(37-22-33(55)21-29-13-18-38(48)34(4-2)40(29)37)41(49)42(36)50-44(51-43)58-27-46-19-11-20-53(46)24-30(47)23-46/h2,13,16-18,21-22,30-32,55H,3,5-12,14-15,19-20,23-28H2,1H3/t30-,31-,32+,46+/m1/s1. The van der Waals surface area contributed by atoms with E-state index in [1.54, 1.807) is 11.0 Å². The molecule has 4 saturated heterocycles. The minimum atomic E-state index is -0.975. The molecule has 5 heterocycles. The molecule has 2 bridgehead atoms. The first-order valence-electron chi connectivity index (χ1n) is 21.4. The number of alkyl halides is 1. The van der Waals surface area contributed by atoms with Gasteiger partial charge in [0.05, 0.1) is 23.2 Å². The Morgan fingerprint density at radius 1 is 0.967 bits per heavy atom. The van der Waals surface area contributed by atoms with Crippen molar-refractivity contribution < 1.29 is 42.1 Å². The molecule has 4 atom stereocenters. The number of halogens is 3. The molecule has 0 aliphatic carbocycles. The number of ether oxygens (including phenoxy) is 3. The Morgan fingerprint density at radius 2 is 1.73 bits per heavy atom. The zero-order chi connectivity index (χ0) is 42.0. The molecule has 4 fully saturated rings. The molecule has 1 aromatic heterocycles. The molecule has 3 aromatic carbocycles. The third-order valence-corrected chi connectivity index (χ3v) is 12.9. The van der Waals surface area contributed by atoms with Gasteiger partial charge in [-0.25, -0.2) is 18.0 Å². The summed E-state index contributed by atoms with van der Waals surface area (Å²) < 4.78 is 63.9. The second kappa shape index (κ2) is 17.7. The molecule has 0 radical (unpaired) electrons. The summed E-state index contributed by atoms with van der Waals surface area (Å²) in [6.07, 6.45) is 15.4. The second-order valence-electron chi connectivity index (χ2n) is 16.8. The zero-order valence-corrected chi connectivity index (χ0v) is 34.1. The maximum atomic E-state index is 17.2. The van der Waals surface area contributed by atoms with Crippen molar-refractivity contribution in [3.63, 3.8) is 0 Å².